The van der Waals surface area contributed by atoms with E-state index in [0.717, 1.165) is 4.88 Å². The number of nitrogens with one attached hydrogen (secondary N) is 1. The minimum Gasteiger partial charge on any atom is -0.484 e. The molecule has 0 amide bonds. The Kier molecular flexibility index (Phi) is 4.81. The highest BCUT2D eigenvalue weighted by Crippen LogP contribution is 2.32. The molecule has 1 atom stereocenters. The lowest BCUT2D eigenvalue weighted by Crippen LogP contribution is -2.37. The van der Waals surface area contributed by atoms with Crippen LogP contribution in [0.15, 0.2) is 64.2 Å². The van der Waals surface area contributed by atoms with Gasteiger partial charge in [-0.2, -0.15) is 0 Å². The number of benzene rings is 1. The van der Waals surface area contributed by atoms with Crippen molar-refractivity contribution in [1.82, 2.24) is 10.3 Å². The molecule has 1 unspecified atom stereocenters. The summed E-state index contributed by atoms with van der Waals surface area (Å²) in [6.45, 7) is 6.14. The van der Waals surface area contributed by atoms with E-state index in [-0.39, 0.29) is 11.3 Å². The molecule has 0 saturated carbocycles. The van der Waals surface area contributed by atoms with Gasteiger partial charge in [0.15, 0.2) is 5.78 Å². The van der Waals surface area contributed by atoms with E-state index in [1.54, 1.807) is 29.8 Å². The molecule has 0 radical (unpaired) electrons. The molecular formula is C22H22N2O3S. The van der Waals surface area contributed by atoms with E-state index in [2.05, 4.69) is 10.3 Å². The fourth-order valence-electron chi connectivity index (χ4n) is 2.98. The first kappa shape index (κ1) is 18.5. The van der Waals surface area contributed by atoms with E-state index < -0.39 is 6.10 Å². The van der Waals surface area contributed by atoms with Gasteiger partial charge in [-0.1, -0.05) is 18.2 Å². The van der Waals surface area contributed by atoms with Crippen molar-refractivity contribution in [2.45, 2.75) is 38.8 Å². The summed E-state index contributed by atoms with van der Waals surface area (Å²) in [4.78, 5) is 18.4. The van der Waals surface area contributed by atoms with Crippen LogP contribution in [0.3, 0.4) is 0 Å². The van der Waals surface area contributed by atoms with Gasteiger partial charge in [-0.05, 0) is 44.4 Å². The first-order valence-corrected chi connectivity index (χ1v) is 10.1. The number of ether oxygens (including phenoxy) is 1. The van der Waals surface area contributed by atoms with E-state index in [1.165, 1.54) is 0 Å². The minimum atomic E-state index is -0.443. The van der Waals surface area contributed by atoms with Gasteiger partial charge in [0.2, 0.25) is 5.89 Å². The SMILES string of the molecule is CC(C)(C)N/C=C1\C(=O)c2ccccc2OC1Cc1cnc(-c2cccs2)o1. The van der Waals surface area contributed by atoms with E-state index in [9.17, 15) is 4.79 Å². The minimum absolute atomic E-state index is 0.0263. The van der Waals surface area contributed by atoms with Crippen LogP contribution < -0.4 is 10.1 Å². The number of Topliss-reactive ketones (excluding diaryl/α,β-unsaturated/α-hetero) is 1. The zero-order chi connectivity index (χ0) is 19.7. The number of hydrogen-bond acceptors (Lipinski definition) is 6. The van der Waals surface area contributed by atoms with Gasteiger partial charge in [0.05, 0.1) is 22.2 Å². The van der Waals surface area contributed by atoms with E-state index in [4.69, 9.17) is 9.15 Å². The topological polar surface area (TPSA) is 64.4 Å². The fourth-order valence-corrected chi connectivity index (χ4v) is 3.63. The third-order valence-corrected chi connectivity index (χ3v) is 5.20. The first-order valence-electron chi connectivity index (χ1n) is 9.17. The quantitative estimate of drug-likeness (QED) is 0.640. The van der Waals surface area contributed by atoms with E-state index in [0.29, 0.717) is 35.0 Å². The molecule has 0 aliphatic carbocycles. The number of nitrogens with zero attached hydrogens (tertiary/aromatic N) is 1. The predicted octanol–water partition coefficient (Wildman–Crippen LogP) is 4.86. The summed E-state index contributed by atoms with van der Waals surface area (Å²) in [7, 11) is 0. The lowest BCUT2D eigenvalue weighted by molar-refractivity contribution is 0.0957. The summed E-state index contributed by atoms with van der Waals surface area (Å²) in [5, 5.41) is 5.27. The number of thiophene rings is 1. The zero-order valence-corrected chi connectivity index (χ0v) is 16.9. The molecule has 1 N–H and O–H groups in total. The maximum atomic E-state index is 13.1. The van der Waals surface area contributed by atoms with Crippen LogP contribution in [0.1, 0.15) is 36.9 Å². The Hall–Kier alpha value is -2.86. The lowest BCUT2D eigenvalue weighted by atomic mass is 9.93. The number of aromatic nitrogens is 1. The second-order valence-electron chi connectivity index (χ2n) is 7.74. The molecule has 0 spiro atoms. The number of rotatable bonds is 4. The Morgan fingerprint density at radius 1 is 1.21 bits per heavy atom. The molecule has 0 fully saturated rings. The van der Waals surface area contributed by atoms with Crippen LogP contribution in [0.25, 0.3) is 10.8 Å². The predicted molar refractivity (Wildman–Crippen MR) is 110 cm³/mol. The monoisotopic (exact) mass is 394 g/mol. The molecule has 144 valence electrons. The van der Waals surface area contributed by atoms with Gasteiger partial charge in [-0.25, -0.2) is 4.98 Å². The molecule has 3 heterocycles. The molecule has 5 nitrogen and oxygen atoms in total. The molecule has 0 bridgehead atoms. The number of para-hydroxylation sites is 1. The van der Waals surface area contributed by atoms with Crippen LogP contribution in [0.2, 0.25) is 0 Å². The molecule has 3 aromatic rings. The summed E-state index contributed by atoms with van der Waals surface area (Å²) >= 11 is 1.57. The summed E-state index contributed by atoms with van der Waals surface area (Å²) in [6.07, 6.45) is 3.47. The van der Waals surface area contributed by atoms with Crippen LogP contribution in [-0.2, 0) is 6.42 Å². The second kappa shape index (κ2) is 7.28. The first-order chi connectivity index (χ1) is 13.4. The number of carbonyl (C=O) groups is 1. The largest absolute Gasteiger partial charge is 0.484 e. The Balaban J connectivity index is 1.64. The van der Waals surface area contributed by atoms with Gasteiger partial charge in [0.25, 0.3) is 0 Å². The lowest BCUT2D eigenvalue weighted by Gasteiger charge is -2.28. The van der Waals surface area contributed by atoms with Gasteiger partial charge in [0.1, 0.15) is 17.6 Å². The van der Waals surface area contributed by atoms with Crippen molar-refractivity contribution in [3.05, 3.63) is 71.1 Å². The summed E-state index contributed by atoms with van der Waals surface area (Å²) < 4.78 is 12.1. The average Bonchev–Trinajstić information content (AvgIpc) is 3.32. The summed E-state index contributed by atoms with van der Waals surface area (Å²) in [5.41, 5.74) is 1.01. The van der Waals surface area contributed by atoms with E-state index in [1.807, 2.05) is 56.5 Å². The van der Waals surface area contributed by atoms with Gasteiger partial charge >= 0.3 is 0 Å². The number of hydrogen-bond donors (Lipinski definition) is 1. The van der Waals surface area contributed by atoms with Crippen molar-refractivity contribution in [3.63, 3.8) is 0 Å². The maximum Gasteiger partial charge on any atom is 0.236 e. The third-order valence-electron chi connectivity index (χ3n) is 4.34. The molecule has 6 heteroatoms. The molecule has 1 aliphatic rings. The Morgan fingerprint density at radius 2 is 2.04 bits per heavy atom. The Bertz CT molecular complexity index is 1010. The number of ketones is 1. The standard InChI is InChI=1S/C22H22N2O3S/c1-22(2,3)24-13-16-18(27-17-8-5-4-7-15(17)20(16)25)11-14-12-23-21(26-14)19-9-6-10-28-19/h4-10,12-13,18,24H,11H2,1-3H3/b16-13-. The van der Waals surface area contributed by atoms with Crippen LogP contribution in [0, 0.1) is 0 Å². The van der Waals surface area contributed by atoms with Crippen molar-refractivity contribution in [2.24, 2.45) is 0 Å². The fraction of sp³-hybridized carbons (Fsp3) is 0.273. The summed E-state index contributed by atoms with van der Waals surface area (Å²) in [5.74, 6) is 1.85. The molecule has 4 rings (SSSR count). The Morgan fingerprint density at radius 3 is 2.79 bits per heavy atom. The Labute approximate surface area is 168 Å². The van der Waals surface area contributed by atoms with Crippen molar-refractivity contribution in [3.8, 4) is 16.5 Å². The molecule has 0 saturated heterocycles. The molecule has 28 heavy (non-hydrogen) atoms. The van der Waals surface area contributed by atoms with Crippen LogP contribution in [0.4, 0.5) is 0 Å². The number of fused-ring (bicyclic) bond motifs is 1. The second-order valence-corrected chi connectivity index (χ2v) is 8.69. The molecule has 1 aliphatic heterocycles. The van der Waals surface area contributed by atoms with Crippen molar-refractivity contribution < 1.29 is 13.9 Å². The third kappa shape index (κ3) is 3.87. The van der Waals surface area contributed by atoms with Crippen molar-refractivity contribution in [1.29, 1.82) is 0 Å². The normalized spacial score (nSPS) is 18.0. The summed E-state index contributed by atoms with van der Waals surface area (Å²) in [6, 6.07) is 11.3. The highest BCUT2D eigenvalue weighted by molar-refractivity contribution is 7.13. The number of carbonyl (C=O) groups excluding carboxylic acids is 1. The molecular weight excluding hydrogens is 372 g/mol. The van der Waals surface area contributed by atoms with Gasteiger partial charge in [-0.15, -0.1) is 11.3 Å². The smallest absolute Gasteiger partial charge is 0.236 e. The van der Waals surface area contributed by atoms with Gasteiger partial charge in [-0.3, -0.25) is 4.79 Å². The van der Waals surface area contributed by atoms with Crippen molar-refractivity contribution >= 4 is 17.1 Å². The van der Waals surface area contributed by atoms with Crippen LogP contribution >= 0.6 is 11.3 Å². The van der Waals surface area contributed by atoms with Crippen LogP contribution in [-0.4, -0.2) is 22.4 Å². The van der Waals surface area contributed by atoms with Crippen molar-refractivity contribution in [2.75, 3.05) is 0 Å². The number of oxazole rings is 1. The van der Waals surface area contributed by atoms with E-state index >= 15 is 0 Å². The average molecular weight is 394 g/mol. The molecule has 2 aromatic heterocycles. The highest BCUT2D eigenvalue weighted by Gasteiger charge is 2.33. The van der Waals surface area contributed by atoms with Crippen LogP contribution in [0.5, 0.6) is 5.75 Å². The zero-order valence-electron chi connectivity index (χ0n) is 16.1. The molecule has 1 aromatic carbocycles. The maximum absolute atomic E-state index is 13.1. The van der Waals surface area contributed by atoms with Gasteiger partial charge < -0.3 is 14.5 Å². The van der Waals surface area contributed by atoms with Gasteiger partial charge in [0, 0.05) is 18.2 Å². The highest BCUT2D eigenvalue weighted by atomic mass is 32.1.